The molecule has 2 aromatic heterocycles. The largest absolute Gasteiger partial charge is 0.476 e. The zero-order chi connectivity index (χ0) is 20.8. The van der Waals surface area contributed by atoms with Crippen LogP contribution in [0.3, 0.4) is 0 Å². The molecular weight excluding hydrogens is 408 g/mol. The Kier molecular flexibility index (Phi) is 3.86. The van der Waals surface area contributed by atoms with E-state index in [1.54, 1.807) is 20.8 Å². The van der Waals surface area contributed by atoms with Gasteiger partial charge in [0.25, 0.3) is 0 Å². The maximum Gasteiger partial charge on any atom is 0.476 e. The first-order valence-corrected chi connectivity index (χ1v) is 10.7. The normalized spacial score (nSPS) is 40.4. The minimum atomic E-state index is -3.88. The van der Waals surface area contributed by atoms with Crippen LogP contribution in [0.25, 0.3) is 11.2 Å². The highest BCUT2D eigenvalue weighted by molar-refractivity contribution is 7.49. The minimum absolute atomic E-state index is 0.0438. The molecule has 2 aliphatic heterocycles. The van der Waals surface area contributed by atoms with Crippen LogP contribution in [-0.4, -0.2) is 55.7 Å². The molecule has 3 fully saturated rings. The first kappa shape index (κ1) is 19.1. The first-order chi connectivity index (χ1) is 13.6. The fraction of sp³-hybridized carbons (Fsp3) is 0.688. The lowest BCUT2D eigenvalue weighted by Gasteiger charge is -2.29. The van der Waals surface area contributed by atoms with E-state index >= 15 is 4.39 Å². The van der Waals surface area contributed by atoms with E-state index in [1.807, 2.05) is 0 Å². The topological polar surface area (TPSA) is 133 Å². The van der Waals surface area contributed by atoms with Gasteiger partial charge in [0.1, 0.15) is 12.2 Å². The number of fused-ring (bicyclic) bond motifs is 2. The van der Waals surface area contributed by atoms with Gasteiger partial charge < -0.3 is 15.2 Å². The number of nitrogens with two attached hydrogens (primary N) is 1. The third-order valence-electron chi connectivity index (χ3n) is 5.30. The summed E-state index contributed by atoms with van der Waals surface area (Å²) in [4.78, 5) is 12.4. The van der Waals surface area contributed by atoms with Gasteiger partial charge in [-0.3, -0.25) is 18.1 Å². The maximum absolute atomic E-state index is 16.1. The van der Waals surface area contributed by atoms with Crippen LogP contribution in [0, 0.1) is 0 Å². The number of nitrogens with zero attached hydrogens (tertiary/aromatic N) is 4. The molecule has 2 aromatic rings. The molecule has 2 N–H and O–H groups in total. The maximum atomic E-state index is 16.1. The van der Waals surface area contributed by atoms with Crippen molar-refractivity contribution in [1.29, 1.82) is 0 Å². The molecule has 3 aliphatic rings. The number of hydrogen-bond donors (Lipinski definition) is 1. The number of anilines is 1. The zero-order valence-electron chi connectivity index (χ0n) is 16.2. The van der Waals surface area contributed by atoms with E-state index in [0.29, 0.717) is 12.1 Å². The van der Waals surface area contributed by atoms with Gasteiger partial charge in [-0.15, -0.1) is 0 Å². The Bertz CT molecular complexity index is 1050. The molecule has 1 spiro atoms. The monoisotopic (exact) mass is 429 g/mol. The molecule has 158 valence electrons. The van der Waals surface area contributed by atoms with Crippen molar-refractivity contribution in [2.75, 3.05) is 12.3 Å². The third kappa shape index (κ3) is 2.43. The number of ether oxygens (including phenoxy) is 2. The van der Waals surface area contributed by atoms with Gasteiger partial charge >= 0.3 is 7.82 Å². The number of phosphoric ester groups is 1. The summed E-state index contributed by atoms with van der Waals surface area (Å²) in [6.07, 6.45) is -1.74. The molecule has 5 rings (SSSR count). The Morgan fingerprint density at radius 1 is 1.41 bits per heavy atom. The Hall–Kier alpha value is -1.85. The van der Waals surface area contributed by atoms with E-state index in [4.69, 9.17) is 28.8 Å². The molecular formula is C16H21FN5O6P. The van der Waals surface area contributed by atoms with Crippen LogP contribution in [0.5, 0.6) is 5.88 Å². The van der Waals surface area contributed by atoms with Crippen LogP contribution in [0.2, 0.25) is 0 Å². The minimum Gasteiger partial charge on any atom is -0.476 e. The van der Waals surface area contributed by atoms with Crippen LogP contribution >= 0.6 is 7.82 Å². The zero-order valence-corrected chi connectivity index (χ0v) is 17.1. The number of rotatable bonds is 5. The summed E-state index contributed by atoms with van der Waals surface area (Å²) in [7, 11) is -3.88. The van der Waals surface area contributed by atoms with E-state index in [0.717, 1.165) is 0 Å². The fourth-order valence-electron chi connectivity index (χ4n) is 4.11. The van der Waals surface area contributed by atoms with E-state index in [1.165, 1.54) is 17.8 Å². The van der Waals surface area contributed by atoms with Gasteiger partial charge in [-0.05, 0) is 27.7 Å². The van der Waals surface area contributed by atoms with Gasteiger partial charge in [0.05, 0.1) is 19.0 Å². The number of halogens is 1. The average molecular weight is 429 g/mol. The van der Waals surface area contributed by atoms with Gasteiger partial charge in [-0.25, -0.2) is 13.9 Å². The summed E-state index contributed by atoms with van der Waals surface area (Å²) in [6.45, 7) is 6.83. The lowest BCUT2D eigenvalue weighted by molar-refractivity contribution is -0.0874. The predicted molar refractivity (Wildman–Crippen MR) is 96.8 cm³/mol. The van der Waals surface area contributed by atoms with Crippen LogP contribution in [0.15, 0.2) is 6.33 Å². The predicted octanol–water partition coefficient (Wildman–Crippen LogP) is 2.13. The fourth-order valence-corrected chi connectivity index (χ4v) is 6.07. The Morgan fingerprint density at radius 3 is 2.86 bits per heavy atom. The van der Waals surface area contributed by atoms with Gasteiger partial charge in [-0.2, -0.15) is 9.97 Å². The third-order valence-corrected chi connectivity index (χ3v) is 6.99. The first-order valence-electron chi connectivity index (χ1n) is 9.28. The van der Waals surface area contributed by atoms with Gasteiger partial charge in [0.2, 0.25) is 11.8 Å². The Morgan fingerprint density at radius 2 is 2.17 bits per heavy atom. The molecule has 13 heteroatoms. The second kappa shape index (κ2) is 5.86. The number of imidazole rings is 1. The molecule has 29 heavy (non-hydrogen) atoms. The van der Waals surface area contributed by atoms with E-state index in [9.17, 15) is 4.57 Å². The SMILES string of the molecule is CCOc1nc(N)nc2c1ncn2[C@@H]1O[C@@H]2C3O[P@](=O)(OC(C)C)O[C@]32[C@@]1(C)F. The number of alkyl halides is 1. The van der Waals surface area contributed by atoms with Crippen LogP contribution in [0.4, 0.5) is 10.3 Å². The molecule has 1 aliphatic carbocycles. The highest BCUT2D eigenvalue weighted by atomic mass is 31.2. The summed E-state index contributed by atoms with van der Waals surface area (Å²) < 4.78 is 57.8. The van der Waals surface area contributed by atoms with Crippen LogP contribution in [-0.2, 0) is 22.9 Å². The molecule has 6 atom stereocenters. The quantitative estimate of drug-likeness (QED) is 0.705. The van der Waals surface area contributed by atoms with Crippen molar-refractivity contribution in [2.45, 2.75) is 63.5 Å². The highest BCUT2D eigenvalue weighted by Crippen LogP contribution is 2.78. The standard InChI is InChI=1S/C16H21FN5O6P/c1-5-24-12-8-11(20-14(18)21-12)22(6-19-8)13-15(4,17)16-9(25-13)10(16)27-29(23,28-16)26-7(2)3/h6-7,9-10,13H,5H2,1-4H3,(H2,18,20,21)/t9-,10?,13-,15+,16+,29+/m1/s1. The highest BCUT2D eigenvalue weighted by Gasteiger charge is 2.91. The van der Waals surface area contributed by atoms with Crippen molar-refractivity contribution in [3.63, 3.8) is 0 Å². The summed E-state index contributed by atoms with van der Waals surface area (Å²) in [5, 5.41) is 0. The smallest absolute Gasteiger partial charge is 0.476 e. The molecule has 0 radical (unpaired) electrons. The van der Waals surface area contributed by atoms with E-state index < -0.39 is 43.6 Å². The summed E-state index contributed by atoms with van der Waals surface area (Å²) >= 11 is 0. The molecule has 1 unspecified atom stereocenters. The van der Waals surface area contributed by atoms with Gasteiger partial charge in [-0.1, -0.05) is 0 Å². The molecule has 2 saturated heterocycles. The van der Waals surface area contributed by atoms with Gasteiger partial charge in [0.15, 0.2) is 28.7 Å². The molecule has 1 saturated carbocycles. The molecule has 4 heterocycles. The van der Waals surface area contributed by atoms with Crippen molar-refractivity contribution in [2.24, 2.45) is 0 Å². The van der Waals surface area contributed by atoms with Crippen LogP contribution in [0.1, 0.15) is 33.9 Å². The van der Waals surface area contributed by atoms with E-state index in [2.05, 4.69) is 15.0 Å². The molecule has 11 nitrogen and oxygen atoms in total. The van der Waals surface area contributed by atoms with Crippen molar-refractivity contribution in [3.05, 3.63) is 6.33 Å². The lowest BCUT2D eigenvalue weighted by Crippen LogP contribution is -2.44. The Labute approximate surface area is 165 Å². The molecule has 0 amide bonds. The number of aromatic nitrogens is 4. The second-order valence-electron chi connectivity index (χ2n) is 7.64. The van der Waals surface area contributed by atoms with Crippen molar-refractivity contribution < 1.29 is 32.0 Å². The Balaban J connectivity index is 1.52. The summed E-state index contributed by atoms with van der Waals surface area (Å²) in [6, 6.07) is 0. The number of nitrogen functional groups attached to an aromatic ring is 1. The lowest BCUT2D eigenvalue weighted by atomic mass is 9.97. The molecule has 0 bridgehead atoms. The van der Waals surface area contributed by atoms with Crippen LogP contribution < -0.4 is 10.5 Å². The van der Waals surface area contributed by atoms with Crippen molar-refractivity contribution in [1.82, 2.24) is 19.5 Å². The van der Waals surface area contributed by atoms with Crippen molar-refractivity contribution >= 4 is 24.9 Å². The number of phosphoric acid groups is 1. The average Bonchev–Trinajstić information content (AvgIpc) is 2.90. The van der Waals surface area contributed by atoms with Crippen molar-refractivity contribution in [3.8, 4) is 5.88 Å². The number of hydrogen-bond acceptors (Lipinski definition) is 10. The summed E-state index contributed by atoms with van der Waals surface area (Å²) in [5.74, 6) is 0.154. The second-order valence-corrected chi connectivity index (χ2v) is 9.14. The van der Waals surface area contributed by atoms with Gasteiger partial charge in [0, 0.05) is 0 Å². The van der Waals surface area contributed by atoms with E-state index in [-0.39, 0.29) is 17.5 Å². The molecule has 0 aromatic carbocycles. The summed E-state index contributed by atoms with van der Waals surface area (Å²) in [5.41, 5.74) is 2.71.